The van der Waals surface area contributed by atoms with Crippen LogP contribution in [0.25, 0.3) is 0 Å². The van der Waals surface area contributed by atoms with Crippen LogP contribution in [0.3, 0.4) is 0 Å². The van der Waals surface area contributed by atoms with Gasteiger partial charge in [-0.1, -0.05) is 6.92 Å². The molecule has 0 bridgehead atoms. The highest BCUT2D eigenvalue weighted by Crippen LogP contribution is 2.17. The fraction of sp³-hybridized carbons (Fsp3) is 0.615. The number of hydrogen-bond acceptors (Lipinski definition) is 5. The highest BCUT2D eigenvalue weighted by Gasteiger charge is 2.27. The summed E-state index contributed by atoms with van der Waals surface area (Å²) in [5.74, 6) is 0.869. The molecule has 1 atom stereocenters. The van der Waals surface area contributed by atoms with Crippen LogP contribution in [-0.4, -0.2) is 32.6 Å². The molecule has 0 aromatic carbocycles. The number of nitrogens with zero attached hydrogens (tertiary/aromatic N) is 2. The third kappa shape index (κ3) is 4.39. The molecule has 0 aliphatic rings. The number of carbonyl (C=O) groups is 1. The largest absolute Gasteiger partial charge is 0.480 e. The molecule has 1 heterocycles. The predicted octanol–water partition coefficient (Wildman–Crippen LogP) is 2.27. The topological polar surface area (TPSA) is 87.1 Å². The second-order valence-corrected chi connectivity index (χ2v) is 5.19. The molecule has 0 radical (unpaired) electrons. The van der Waals surface area contributed by atoms with E-state index in [4.69, 9.17) is 5.11 Å². The van der Waals surface area contributed by atoms with Gasteiger partial charge in [0.2, 0.25) is 0 Å². The normalized spacial score (nSPS) is 12.9. The van der Waals surface area contributed by atoms with Crippen molar-refractivity contribution in [3.05, 3.63) is 11.9 Å². The second kappa shape index (κ2) is 5.86. The van der Waals surface area contributed by atoms with Gasteiger partial charge in [0.25, 0.3) is 0 Å². The number of aromatic nitrogens is 2. The maximum Gasteiger partial charge on any atom is 0.328 e. The number of anilines is 2. The van der Waals surface area contributed by atoms with E-state index >= 15 is 0 Å². The van der Waals surface area contributed by atoms with Gasteiger partial charge in [-0.15, -0.1) is 0 Å². The van der Waals surface area contributed by atoms with Crippen LogP contribution >= 0.6 is 0 Å². The van der Waals surface area contributed by atoms with E-state index in [-0.39, 0.29) is 0 Å². The summed E-state index contributed by atoms with van der Waals surface area (Å²) < 4.78 is 0. The van der Waals surface area contributed by atoms with Gasteiger partial charge < -0.3 is 15.7 Å². The Morgan fingerprint density at radius 1 is 1.42 bits per heavy atom. The van der Waals surface area contributed by atoms with Crippen molar-refractivity contribution in [1.29, 1.82) is 0 Å². The van der Waals surface area contributed by atoms with E-state index in [0.29, 0.717) is 23.5 Å². The third-order valence-corrected chi connectivity index (χ3v) is 2.82. The van der Waals surface area contributed by atoms with Gasteiger partial charge in [-0.2, -0.15) is 0 Å². The van der Waals surface area contributed by atoms with E-state index < -0.39 is 11.5 Å². The van der Waals surface area contributed by atoms with Gasteiger partial charge in [-0.05, 0) is 34.1 Å². The van der Waals surface area contributed by atoms with Crippen molar-refractivity contribution in [2.75, 3.05) is 10.6 Å². The lowest BCUT2D eigenvalue weighted by Gasteiger charge is -2.22. The van der Waals surface area contributed by atoms with Crippen molar-refractivity contribution >= 4 is 17.6 Å². The highest BCUT2D eigenvalue weighted by molar-refractivity contribution is 5.81. The molecular formula is C13H22N4O2. The average molecular weight is 266 g/mol. The summed E-state index contributed by atoms with van der Waals surface area (Å²) in [5.41, 5.74) is -1.07. The number of aliphatic carboxylic acids is 1. The highest BCUT2D eigenvalue weighted by atomic mass is 16.4. The summed E-state index contributed by atoms with van der Waals surface area (Å²) >= 11 is 0. The lowest BCUT2D eigenvalue weighted by Crippen LogP contribution is -2.40. The Labute approximate surface area is 113 Å². The van der Waals surface area contributed by atoms with Gasteiger partial charge in [-0.25, -0.2) is 14.8 Å². The molecule has 0 aliphatic carbocycles. The molecule has 1 rings (SSSR count). The molecule has 3 N–H and O–H groups in total. The fourth-order valence-electron chi connectivity index (χ4n) is 1.43. The zero-order valence-electron chi connectivity index (χ0n) is 12.1. The van der Waals surface area contributed by atoms with E-state index in [0.717, 1.165) is 6.42 Å². The smallest absolute Gasteiger partial charge is 0.328 e. The summed E-state index contributed by atoms with van der Waals surface area (Å²) in [6.07, 6.45) is 0.979. The van der Waals surface area contributed by atoms with Gasteiger partial charge in [0.05, 0.1) is 0 Å². The van der Waals surface area contributed by atoms with Crippen molar-refractivity contribution < 1.29 is 9.90 Å². The monoisotopic (exact) mass is 266 g/mol. The fourth-order valence-corrected chi connectivity index (χ4v) is 1.43. The summed E-state index contributed by atoms with van der Waals surface area (Å²) in [6.45, 7) is 9.11. The van der Waals surface area contributed by atoms with Gasteiger partial charge in [-0.3, -0.25) is 0 Å². The van der Waals surface area contributed by atoms with Gasteiger partial charge in [0.1, 0.15) is 23.0 Å². The van der Waals surface area contributed by atoms with Crippen LogP contribution < -0.4 is 10.6 Å². The Morgan fingerprint density at radius 3 is 2.53 bits per heavy atom. The van der Waals surface area contributed by atoms with Gasteiger partial charge >= 0.3 is 5.97 Å². The SMILES string of the molecule is CCC(C)Nc1cc(NC(C)(C)C(=O)O)nc(C)n1. The minimum absolute atomic E-state index is 0.301. The Morgan fingerprint density at radius 2 is 2.00 bits per heavy atom. The second-order valence-electron chi connectivity index (χ2n) is 5.19. The van der Waals surface area contributed by atoms with Crippen LogP contribution in [0.5, 0.6) is 0 Å². The first-order valence-electron chi connectivity index (χ1n) is 6.38. The summed E-state index contributed by atoms with van der Waals surface area (Å²) in [5, 5.41) is 15.3. The van der Waals surface area contributed by atoms with Crippen molar-refractivity contribution in [3.8, 4) is 0 Å². The minimum Gasteiger partial charge on any atom is -0.480 e. The quantitative estimate of drug-likeness (QED) is 0.732. The molecule has 0 spiro atoms. The minimum atomic E-state index is -1.07. The first-order chi connectivity index (χ1) is 8.74. The molecule has 0 amide bonds. The number of hydrogen-bond donors (Lipinski definition) is 3. The third-order valence-electron chi connectivity index (χ3n) is 2.82. The summed E-state index contributed by atoms with van der Waals surface area (Å²) in [4.78, 5) is 19.6. The Kier molecular flexibility index (Phi) is 4.69. The first kappa shape index (κ1) is 15.2. The molecule has 0 aliphatic heterocycles. The zero-order chi connectivity index (χ0) is 14.6. The molecule has 106 valence electrons. The van der Waals surface area contributed by atoms with Gasteiger partial charge in [0, 0.05) is 12.1 Å². The molecule has 6 nitrogen and oxygen atoms in total. The van der Waals surface area contributed by atoms with E-state index in [1.54, 1.807) is 26.8 Å². The Balaban J connectivity index is 2.94. The number of rotatable bonds is 6. The van der Waals surface area contributed by atoms with Crippen LogP contribution in [0.4, 0.5) is 11.6 Å². The van der Waals surface area contributed by atoms with Crippen molar-refractivity contribution in [2.45, 2.75) is 52.6 Å². The van der Waals surface area contributed by atoms with Crippen LogP contribution in [0.2, 0.25) is 0 Å². The number of nitrogens with one attached hydrogen (secondary N) is 2. The standard InChI is InChI=1S/C13H22N4O2/c1-6-8(2)14-10-7-11(16-9(3)15-10)17-13(4,5)12(18)19/h7-8H,6H2,1-5H3,(H,18,19)(H2,14,15,16,17). The van der Waals surface area contributed by atoms with E-state index in [2.05, 4.69) is 34.4 Å². The van der Waals surface area contributed by atoms with Gasteiger partial charge in [0.15, 0.2) is 0 Å². The summed E-state index contributed by atoms with van der Waals surface area (Å²) in [7, 11) is 0. The molecule has 0 fully saturated rings. The van der Waals surface area contributed by atoms with Crippen LogP contribution in [0, 0.1) is 6.92 Å². The van der Waals surface area contributed by atoms with E-state index in [9.17, 15) is 4.79 Å². The first-order valence-corrected chi connectivity index (χ1v) is 6.38. The number of aryl methyl sites for hydroxylation is 1. The Hall–Kier alpha value is -1.85. The molecule has 6 heteroatoms. The predicted molar refractivity (Wildman–Crippen MR) is 75.5 cm³/mol. The lowest BCUT2D eigenvalue weighted by molar-refractivity contribution is -0.141. The van der Waals surface area contributed by atoms with Crippen molar-refractivity contribution in [2.24, 2.45) is 0 Å². The van der Waals surface area contributed by atoms with E-state index in [1.807, 2.05) is 0 Å². The number of carboxylic acids is 1. The Bertz CT molecular complexity index is 460. The zero-order valence-corrected chi connectivity index (χ0v) is 12.1. The van der Waals surface area contributed by atoms with Crippen molar-refractivity contribution in [1.82, 2.24) is 9.97 Å². The average Bonchev–Trinajstić information content (AvgIpc) is 2.26. The van der Waals surface area contributed by atoms with Crippen LogP contribution in [0.15, 0.2) is 6.07 Å². The molecule has 1 aromatic heterocycles. The maximum absolute atomic E-state index is 11.1. The van der Waals surface area contributed by atoms with E-state index in [1.165, 1.54) is 0 Å². The molecule has 0 saturated heterocycles. The molecule has 0 saturated carbocycles. The van der Waals surface area contributed by atoms with Crippen LogP contribution in [-0.2, 0) is 4.79 Å². The van der Waals surface area contributed by atoms with Crippen LogP contribution in [0.1, 0.15) is 39.9 Å². The molecular weight excluding hydrogens is 244 g/mol. The number of carboxylic acid groups (broad SMARTS) is 1. The maximum atomic E-state index is 11.1. The van der Waals surface area contributed by atoms with Crippen molar-refractivity contribution in [3.63, 3.8) is 0 Å². The molecule has 1 aromatic rings. The molecule has 1 unspecified atom stereocenters. The summed E-state index contributed by atoms with van der Waals surface area (Å²) in [6, 6.07) is 2.03. The lowest BCUT2D eigenvalue weighted by atomic mass is 10.1. The molecule has 19 heavy (non-hydrogen) atoms.